The molecule has 138 valence electrons. The first-order chi connectivity index (χ1) is 13.1. The molecule has 27 heavy (non-hydrogen) atoms. The van der Waals surface area contributed by atoms with Crippen LogP contribution in [0.5, 0.6) is 5.75 Å². The Morgan fingerprint density at radius 1 is 1.26 bits per heavy atom. The number of hydrogen-bond donors (Lipinski definition) is 1. The standard InChI is InChI=1S/C20H18FN3O2S/c1-13(20-14(2)26-12-22-20)23-16-5-8-18-19(11-16)27-24(9-10-25-18)17-6-3-15(21)4-7-17/h3-8,11-12,23H,1,9-10H2,2H3. The third-order valence-electron chi connectivity index (χ3n) is 4.14. The highest BCUT2D eigenvalue weighted by Crippen LogP contribution is 2.39. The van der Waals surface area contributed by atoms with E-state index in [0.29, 0.717) is 30.3 Å². The minimum absolute atomic E-state index is 0.247. The van der Waals surface area contributed by atoms with E-state index in [2.05, 4.69) is 21.2 Å². The van der Waals surface area contributed by atoms with Gasteiger partial charge < -0.3 is 18.8 Å². The van der Waals surface area contributed by atoms with Gasteiger partial charge in [-0.3, -0.25) is 0 Å². The Hall–Kier alpha value is -2.93. The molecule has 0 amide bonds. The number of oxazole rings is 1. The van der Waals surface area contributed by atoms with Gasteiger partial charge in [0, 0.05) is 11.4 Å². The van der Waals surface area contributed by atoms with E-state index in [9.17, 15) is 4.39 Å². The number of halogens is 1. The van der Waals surface area contributed by atoms with Crippen LogP contribution in [-0.4, -0.2) is 18.1 Å². The first kappa shape index (κ1) is 17.5. The highest BCUT2D eigenvalue weighted by atomic mass is 32.2. The van der Waals surface area contributed by atoms with E-state index in [1.54, 1.807) is 24.1 Å². The molecule has 0 saturated heterocycles. The summed E-state index contributed by atoms with van der Waals surface area (Å²) in [4.78, 5) is 5.14. The third-order valence-corrected chi connectivity index (χ3v) is 5.27. The zero-order valence-corrected chi connectivity index (χ0v) is 15.6. The molecule has 2 aromatic carbocycles. The summed E-state index contributed by atoms with van der Waals surface area (Å²) in [6.45, 7) is 7.12. The number of rotatable bonds is 4. The SMILES string of the molecule is C=C(Nc1ccc2c(c1)SN(c1ccc(F)cc1)CCO2)c1ncoc1C. The van der Waals surface area contributed by atoms with Crippen molar-refractivity contribution >= 4 is 29.0 Å². The highest BCUT2D eigenvalue weighted by molar-refractivity contribution is 8.00. The van der Waals surface area contributed by atoms with Gasteiger partial charge in [-0.1, -0.05) is 6.58 Å². The lowest BCUT2D eigenvalue weighted by atomic mass is 10.2. The average molecular weight is 383 g/mol. The number of aryl methyl sites for hydroxylation is 1. The van der Waals surface area contributed by atoms with Crippen LogP contribution in [-0.2, 0) is 0 Å². The van der Waals surface area contributed by atoms with E-state index >= 15 is 0 Å². The van der Waals surface area contributed by atoms with Crippen LogP contribution in [0.25, 0.3) is 5.70 Å². The number of anilines is 2. The number of nitrogens with one attached hydrogen (secondary N) is 1. The molecule has 1 N–H and O–H groups in total. The lowest BCUT2D eigenvalue weighted by Gasteiger charge is -2.20. The van der Waals surface area contributed by atoms with Crippen molar-refractivity contribution in [2.24, 2.45) is 0 Å². The summed E-state index contributed by atoms with van der Waals surface area (Å²) < 4.78 is 26.4. The molecule has 0 aliphatic carbocycles. The monoisotopic (exact) mass is 383 g/mol. The molecular weight excluding hydrogens is 365 g/mol. The number of aromatic nitrogens is 1. The van der Waals surface area contributed by atoms with Crippen LogP contribution < -0.4 is 14.4 Å². The number of fused-ring (bicyclic) bond motifs is 1. The molecule has 0 atom stereocenters. The molecule has 0 unspecified atom stereocenters. The maximum absolute atomic E-state index is 13.2. The van der Waals surface area contributed by atoms with Crippen LogP contribution in [0.3, 0.4) is 0 Å². The van der Waals surface area contributed by atoms with Gasteiger partial charge in [-0.05, 0) is 61.3 Å². The van der Waals surface area contributed by atoms with E-state index in [0.717, 1.165) is 22.0 Å². The molecule has 1 aromatic heterocycles. The summed E-state index contributed by atoms with van der Waals surface area (Å²) in [5, 5.41) is 3.26. The van der Waals surface area contributed by atoms with Crippen LogP contribution >= 0.6 is 11.9 Å². The zero-order chi connectivity index (χ0) is 18.8. The van der Waals surface area contributed by atoms with Crippen LogP contribution in [0.15, 0.2) is 64.7 Å². The van der Waals surface area contributed by atoms with Crippen molar-refractivity contribution in [2.45, 2.75) is 11.8 Å². The Kier molecular flexibility index (Phi) is 4.77. The topological polar surface area (TPSA) is 50.5 Å². The predicted molar refractivity (Wildman–Crippen MR) is 105 cm³/mol. The molecular formula is C20H18FN3O2S. The van der Waals surface area contributed by atoms with E-state index in [-0.39, 0.29) is 5.82 Å². The Morgan fingerprint density at radius 3 is 2.81 bits per heavy atom. The first-order valence-electron chi connectivity index (χ1n) is 8.44. The van der Waals surface area contributed by atoms with E-state index in [1.165, 1.54) is 18.5 Å². The van der Waals surface area contributed by atoms with Gasteiger partial charge in [-0.2, -0.15) is 0 Å². The van der Waals surface area contributed by atoms with Crippen LogP contribution in [0.4, 0.5) is 15.8 Å². The molecule has 0 radical (unpaired) electrons. The maximum Gasteiger partial charge on any atom is 0.181 e. The maximum atomic E-state index is 13.2. The normalized spacial score (nSPS) is 13.5. The van der Waals surface area contributed by atoms with E-state index in [1.807, 2.05) is 25.1 Å². The Morgan fingerprint density at radius 2 is 2.07 bits per heavy atom. The minimum atomic E-state index is -0.247. The van der Waals surface area contributed by atoms with Crippen molar-refractivity contribution in [3.8, 4) is 5.75 Å². The summed E-state index contributed by atoms with van der Waals surface area (Å²) in [6.07, 6.45) is 1.40. The second-order valence-electron chi connectivity index (χ2n) is 6.04. The molecule has 7 heteroatoms. The second-order valence-corrected chi connectivity index (χ2v) is 7.10. The average Bonchev–Trinajstić information content (AvgIpc) is 2.98. The number of benzene rings is 2. The number of hydrogen-bond acceptors (Lipinski definition) is 6. The molecule has 2 heterocycles. The zero-order valence-electron chi connectivity index (χ0n) is 14.7. The van der Waals surface area contributed by atoms with Gasteiger partial charge in [0.15, 0.2) is 6.39 Å². The van der Waals surface area contributed by atoms with E-state index in [4.69, 9.17) is 9.15 Å². The first-order valence-corrected chi connectivity index (χ1v) is 9.22. The summed E-state index contributed by atoms with van der Waals surface area (Å²) in [5.41, 5.74) is 3.16. The van der Waals surface area contributed by atoms with Crippen molar-refractivity contribution in [3.63, 3.8) is 0 Å². The van der Waals surface area contributed by atoms with Crippen LogP contribution in [0.1, 0.15) is 11.5 Å². The van der Waals surface area contributed by atoms with Gasteiger partial charge in [0.05, 0.1) is 17.1 Å². The van der Waals surface area contributed by atoms with E-state index < -0.39 is 0 Å². The highest BCUT2D eigenvalue weighted by Gasteiger charge is 2.18. The van der Waals surface area contributed by atoms with Crippen LogP contribution in [0.2, 0.25) is 0 Å². The fourth-order valence-electron chi connectivity index (χ4n) is 2.80. The molecule has 1 aliphatic rings. The molecule has 3 aromatic rings. The van der Waals surface area contributed by atoms with Gasteiger partial charge in [0.25, 0.3) is 0 Å². The van der Waals surface area contributed by atoms with Crippen molar-refractivity contribution < 1.29 is 13.5 Å². The Balaban J connectivity index is 1.56. The largest absolute Gasteiger partial charge is 0.490 e. The summed E-state index contributed by atoms with van der Waals surface area (Å²) >= 11 is 1.56. The lowest BCUT2D eigenvalue weighted by molar-refractivity contribution is 0.325. The van der Waals surface area contributed by atoms with Crippen LogP contribution in [0, 0.1) is 12.7 Å². The quantitative estimate of drug-likeness (QED) is 0.632. The second kappa shape index (κ2) is 7.36. The summed E-state index contributed by atoms with van der Waals surface area (Å²) in [5.74, 6) is 1.28. The molecule has 0 spiro atoms. The number of ether oxygens (including phenoxy) is 1. The molecule has 0 bridgehead atoms. The molecule has 4 rings (SSSR count). The molecule has 1 aliphatic heterocycles. The summed E-state index contributed by atoms with van der Waals surface area (Å²) in [7, 11) is 0. The summed E-state index contributed by atoms with van der Waals surface area (Å²) in [6, 6.07) is 12.3. The van der Waals surface area contributed by atoms with Gasteiger partial charge in [-0.25, -0.2) is 9.37 Å². The lowest BCUT2D eigenvalue weighted by Crippen LogP contribution is -2.18. The van der Waals surface area contributed by atoms with Gasteiger partial charge in [0.2, 0.25) is 0 Å². The third kappa shape index (κ3) is 3.78. The number of nitrogens with zero attached hydrogens (tertiary/aromatic N) is 2. The smallest absolute Gasteiger partial charge is 0.181 e. The Labute approximate surface area is 161 Å². The fraction of sp³-hybridized carbons (Fsp3) is 0.150. The van der Waals surface area contributed by atoms with Gasteiger partial charge in [-0.15, -0.1) is 0 Å². The molecule has 5 nitrogen and oxygen atoms in total. The van der Waals surface area contributed by atoms with Crippen molar-refractivity contribution in [3.05, 3.63) is 72.7 Å². The molecule has 0 saturated carbocycles. The van der Waals surface area contributed by atoms with Gasteiger partial charge >= 0.3 is 0 Å². The van der Waals surface area contributed by atoms with Crippen molar-refractivity contribution in [2.75, 3.05) is 22.8 Å². The van der Waals surface area contributed by atoms with Crippen molar-refractivity contribution in [1.82, 2.24) is 4.98 Å². The Bertz CT molecular complexity index is 972. The molecule has 0 fully saturated rings. The predicted octanol–water partition coefficient (Wildman–Crippen LogP) is 5.11. The minimum Gasteiger partial charge on any atom is -0.490 e. The fourth-order valence-corrected chi connectivity index (χ4v) is 3.82. The van der Waals surface area contributed by atoms with Gasteiger partial charge in [0.1, 0.15) is 29.6 Å². The van der Waals surface area contributed by atoms with Crippen molar-refractivity contribution in [1.29, 1.82) is 0 Å².